The predicted molar refractivity (Wildman–Crippen MR) is 107 cm³/mol. The number of ether oxygens (including phenoxy) is 1. The zero-order chi connectivity index (χ0) is 18.9. The lowest BCUT2D eigenvalue weighted by Gasteiger charge is -2.09. The molecule has 1 heterocycles. The molecular weight excluding hydrogens is 350 g/mol. The first-order valence-electron chi connectivity index (χ1n) is 8.59. The molecule has 0 fully saturated rings. The molecule has 0 spiro atoms. The molecule has 6 nitrogen and oxygen atoms in total. The molecule has 26 heavy (non-hydrogen) atoms. The van der Waals surface area contributed by atoms with Crippen LogP contribution >= 0.6 is 11.8 Å². The molecule has 0 saturated heterocycles. The van der Waals surface area contributed by atoms with E-state index < -0.39 is 0 Å². The maximum absolute atomic E-state index is 12.0. The summed E-state index contributed by atoms with van der Waals surface area (Å²) in [5, 5.41) is 6.82. The number of amides is 1. The van der Waals surface area contributed by atoms with Crippen molar-refractivity contribution in [2.24, 2.45) is 10.9 Å². The van der Waals surface area contributed by atoms with Crippen molar-refractivity contribution in [3.63, 3.8) is 0 Å². The first-order chi connectivity index (χ1) is 12.5. The van der Waals surface area contributed by atoms with Gasteiger partial charge in [0.15, 0.2) is 0 Å². The Morgan fingerprint density at radius 2 is 2.08 bits per heavy atom. The van der Waals surface area contributed by atoms with E-state index in [1.54, 1.807) is 6.08 Å². The van der Waals surface area contributed by atoms with Crippen molar-refractivity contribution in [1.82, 2.24) is 5.32 Å². The second-order valence-electron chi connectivity index (χ2n) is 6.34. The van der Waals surface area contributed by atoms with Gasteiger partial charge in [-0.25, -0.2) is 4.99 Å². The normalized spacial score (nSPS) is 13.1. The summed E-state index contributed by atoms with van der Waals surface area (Å²) < 4.78 is 4.75. The maximum Gasteiger partial charge on any atom is 0.311 e. The van der Waals surface area contributed by atoms with E-state index in [1.165, 1.54) is 18.9 Å². The van der Waals surface area contributed by atoms with Gasteiger partial charge in [0, 0.05) is 12.2 Å². The fourth-order valence-corrected chi connectivity index (χ4v) is 3.04. The van der Waals surface area contributed by atoms with Crippen LogP contribution in [0.1, 0.15) is 26.7 Å². The van der Waals surface area contributed by atoms with E-state index in [0.29, 0.717) is 23.2 Å². The van der Waals surface area contributed by atoms with Crippen molar-refractivity contribution in [2.75, 3.05) is 24.7 Å². The molecule has 1 aliphatic heterocycles. The molecular formula is C19H25N3O3S. The Balaban J connectivity index is 2.05. The third-order valence-corrected chi connectivity index (χ3v) is 4.60. The molecule has 1 aromatic carbocycles. The molecule has 0 bridgehead atoms. The van der Waals surface area contributed by atoms with Crippen LogP contribution < -0.4 is 10.6 Å². The number of aliphatic imine (C=N–C) groups is 1. The minimum Gasteiger partial charge on any atom is -0.469 e. The molecule has 1 amide bonds. The fraction of sp³-hybridized carbons (Fsp3) is 0.421. The van der Waals surface area contributed by atoms with Crippen molar-refractivity contribution in [3.05, 3.63) is 36.0 Å². The Kier molecular flexibility index (Phi) is 7.72. The number of carbonyl (C=O) groups excluding carboxylic acids is 2. The van der Waals surface area contributed by atoms with E-state index in [1.807, 2.05) is 24.3 Å². The number of nitrogens with zero attached hydrogens (tertiary/aromatic N) is 1. The molecule has 0 aliphatic carbocycles. The molecule has 1 aliphatic rings. The van der Waals surface area contributed by atoms with Crippen molar-refractivity contribution >= 4 is 40.1 Å². The number of hydrogen-bond acceptors (Lipinski definition) is 6. The standard InChI is InChI=1S/C19H25N3O3S/c1-13(2)8-9-20-17(23)12-26-18-10-14(11-19(24)25-3)21-15-6-4-5-7-16(15)22-18/h4-7,10,13,21H,8-9,11-12H2,1-3H3,(H,20,23). The van der Waals surface area contributed by atoms with Gasteiger partial charge in [0.25, 0.3) is 0 Å². The topological polar surface area (TPSA) is 79.8 Å². The van der Waals surface area contributed by atoms with Gasteiger partial charge in [-0.15, -0.1) is 0 Å². The smallest absolute Gasteiger partial charge is 0.311 e. The molecule has 0 saturated carbocycles. The Labute approximate surface area is 158 Å². The summed E-state index contributed by atoms with van der Waals surface area (Å²) in [6.07, 6.45) is 2.87. The average molecular weight is 375 g/mol. The van der Waals surface area contributed by atoms with E-state index in [-0.39, 0.29) is 24.1 Å². The zero-order valence-corrected chi connectivity index (χ0v) is 16.2. The number of methoxy groups -OCH3 is 1. The minimum absolute atomic E-state index is 0.0215. The molecule has 1 aromatic rings. The minimum atomic E-state index is -0.334. The van der Waals surface area contributed by atoms with Gasteiger partial charge in [-0.2, -0.15) is 0 Å². The van der Waals surface area contributed by atoms with Crippen LogP contribution in [0.25, 0.3) is 0 Å². The van der Waals surface area contributed by atoms with Gasteiger partial charge in [0.2, 0.25) is 5.91 Å². The second kappa shape index (κ2) is 10.0. The fourth-order valence-electron chi connectivity index (χ4n) is 2.27. The number of fused-ring (bicyclic) bond motifs is 1. The van der Waals surface area contributed by atoms with E-state index in [9.17, 15) is 9.59 Å². The summed E-state index contributed by atoms with van der Waals surface area (Å²) in [4.78, 5) is 28.3. The Hall–Kier alpha value is -2.28. The molecule has 2 rings (SSSR count). The zero-order valence-electron chi connectivity index (χ0n) is 15.4. The summed E-state index contributed by atoms with van der Waals surface area (Å²) in [6.45, 7) is 4.93. The third kappa shape index (κ3) is 6.55. The molecule has 140 valence electrons. The quantitative estimate of drug-likeness (QED) is 0.713. The number of carbonyl (C=O) groups is 2. The highest BCUT2D eigenvalue weighted by Crippen LogP contribution is 2.30. The Morgan fingerprint density at radius 1 is 1.31 bits per heavy atom. The van der Waals surface area contributed by atoms with Gasteiger partial charge in [-0.3, -0.25) is 9.59 Å². The monoisotopic (exact) mass is 375 g/mol. The van der Waals surface area contributed by atoms with Crippen LogP contribution in [0.15, 0.2) is 41.0 Å². The summed E-state index contributed by atoms with van der Waals surface area (Å²) in [5.41, 5.74) is 2.28. The third-order valence-electron chi connectivity index (χ3n) is 3.69. The van der Waals surface area contributed by atoms with Crippen molar-refractivity contribution in [1.29, 1.82) is 0 Å². The Bertz CT molecular complexity index is 714. The highest BCUT2D eigenvalue weighted by molar-refractivity contribution is 8.14. The van der Waals surface area contributed by atoms with Crippen LogP contribution in [0.4, 0.5) is 11.4 Å². The van der Waals surface area contributed by atoms with Gasteiger partial charge < -0.3 is 15.4 Å². The molecule has 0 unspecified atom stereocenters. The largest absolute Gasteiger partial charge is 0.469 e. The summed E-state index contributed by atoms with van der Waals surface area (Å²) >= 11 is 1.35. The SMILES string of the molecule is COC(=O)CC1=CC(SCC(=O)NCCC(C)C)=Nc2ccccc2N1. The maximum atomic E-state index is 12.0. The van der Waals surface area contributed by atoms with Crippen molar-refractivity contribution in [3.8, 4) is 0 Å². The number of benzene rings is 1. The summed E-state index contributed by atoms with van der Waals surface area (Å²) in [5.74, 6) is 0.479. The lowest BCUT2D eigenvalue weighted by molar-refractivity contribution is -0.139. The van der Waals surface area contributed by atoms with Crippen LogP contribution in [0.2, 0.25) is 0 Å². The first kappa shape index (κ1) is 20.0. The van der Waals surface area contributed by atoms with Crippen molar-refractivity contribution < 1.29 is 14.3 Å². The van der Waals surface area contributed by atoms with E-state index in [0.717, 1.165) is 17.8 Å². The highest BCUT2D eigenvalue weighted by atomic mass is 32.2. The van der Waals surface area contributed by atoms with Crippen molar-refractivity contribution in [2.45, 2.75) is 26.7 Å². The Morgan fingerprint density at radius 3 is 2.81 bits per heavy atom. The number of hydrogen-bond donors (Lipinski definition) is 2. The van der Waals surface area contributed by atoms with E-state index in [2.05, 4.69) is 29.5 Å². The van der Waals surface area contributed by atoms with Crippen LogP contribution in [0, 0.1) is 5.92 Å². The molecule has 0 aromatic heterocycles. The molecule has 0 atom stereocenters. The lowest BCUT2D eigenvalue weighted by Crippen LogP contribution is -2.27. The van der Waals surface area contributed by atoms with Crippen LogP contribution in [-0.4, -0.2) is 36.3 Å². The van der Waals surface area contributed by atoms with Crippen LogP contribution in [0.3, 0.4) is 0 Å². The highest BCUT2D eigenvalue weighted by Gasteiger charge is 2.15. The van der Waals surface area contributed by atoms with E-state index >= 15 is 0 Å². The number of esters is 1. The number of nitrogens with one attached hydrogen (secondary N) is 2. The number of thioether (sulfide) groups is 1. The molecule has 7 heteroatoms. The number of rotatable bonds is 7. The second-order valence-corrected chi connectivity index (χ2v) is 7.33. The number of anilines is 1. The number of para-hydroxylation sites is 2. The van der Waals surface area contributed by atoms with Gasteiger partial charge in [-0.05, 0) is 30.5 Å². The van der Waals surface area contributed by atoms with Gasteiger partial charge in [0.1, 0.15) is 0 Å². The van der Waals surface area contributed by atoms with E-state index in [4.69, 9.17) is 4.74 Å². The summed E-state index contributed by atoms with van der Waals surface area (Å²) in [6, 6.07) is 7.59. The summed E-state index contributed by atoms with van der Waals surface area (Å²) in [7, 11) is 1.36. The molecule has 2 N–H and O–H groups in total. The van der Waals surface area contributed by atoms with Crippen LogP contribution in [-0.2, 0) is 14.3 Å². The van der Waals surface area contributed by atoms with Crippen LogP contribution in [0.5, 0.6) is 0 Å². The first-order valence-corrected chi connectivity index (χ1v) is 9.58. The molecule has 0 radical (unpaired) electrons. The van der Waals surface area contributed by atoms with Gasteiger partial charge >= 0.3 is 5.97 Å². The van der Waals surface area contributed by atoms with Gasteiger partial charge in [0.05, 0.1) is 35.7 Å². The lowest BCUT2D eigenvalue weighted by atomic mass is 10.1. The predicted octanol–water partition coefficient (Wildman–Crippen LogP) is 3.48. The average Bonchev–Trinajstić information content (AvgIpc) is 2.78. The van der Waals surface area contributed by atoms with Gasteiger partial charge in [-0.1, -0.05) is 37.7 Å².